The van der Waals surface area contributed by atoms with Crippen LogP contribution in [0.5, 0.6) is 0 Å². The average Bonchev–Trinajstić information content (AvgIpc) is 3.54. The van der Waals surface area contributed by atoms with Crippen LogP contribution in [0.15, 0.2) is 48.5 Å². The van der Waals surface area contributed by atoms with Gasteiger partial charge in [-0.2, -0.15) is 0 Å². The number of hydrogen-bond donors (Lipinski definition) is 6. The number of likely N-dealkylation sites (N-methyl/N-ethyl adjacent to an activating group) is 2. The van der Waals surface area contributed by atoms with Crippen molar-refractivity contribution in [2.75, 3.05) is 36.2 Å². The van der Waals surface area contributed by atoms with Gasteiger partial charge < -0.3 is 41.7 Å². The molecule has 2 aromatic rings. The van der Waals surface area contributed by atoms with E-state index in [0.29, 0.717) is 34.2 Å². The van der Waals surface area contributed by atoms with Gasteiger partial charge in [0, 0.05) is 11.4 Å². The number of hydrogen-bond acceptors (Lipinski definition) is 10. The van der Waals surface area contributed by atoms with Crippen LogP contribution in [0.1, 0.15) is 85.3 Å². The molecule has 6 N–H and O–H groups in total. The quantitative estimate of drug-likeness (QED) is 0.137. The molecule has 0 bridgehead atoms. The number of benzene rings is 2. The van der Waals surface area contributed by atoms with E-state index < -0.39 is 40.5 Å². The van der Waals surface area contributed by atoms with Crippen molar-refractivity contribution in [3.63, 3.8) is 0 Å². The van der Waals surface area contributed by atoms with Gasteiger partial charge >= 0.3 is 0 Å². The standard InChI is InChI=1S/C45H64N8O4S4/c1-26(46-8)39(58)50-31-20-22-60-33-24-43(2,3)35(52(33)40(31)56)37(54)48-29-16-12-27(13-17-29)10-11-28-14-18-30(19-15-28)49-38(55)36-44(4,5)25-34-53(36)41(57)32(21-23-61-34)51-42(59)45(6,7)47-9/h12-19,26,31-36,46-47H,10-11,20-25H2,1-9H3,(H,48,54)(H,49,55)(H,50,58)(H,51,59)/t26-,31-,32-,33-,34-,35+,36+/m0/s1. The highest BCUT2D eigenvalue weighted by Gasteiger charge is 2.56. The van der Waals surface area contributed by atoms with E-state index in [1.807, 2.05) is 88.3 Å². The number of fused-ring (bicyclic) bond motifs is 2. The second-order valence-corrected chi connectivity index (χ2v) is 22.2. The number of carbonyl (C=O) groups is 4. The van der Waals surface area contributed by atoms with E-state index in [1.165, 1.54) is 0 Å². The Hall–Kier alpha value is -3.28. The normalized spacial score (nSPS) is 26.3. The van der Waals surface area contributed by atoms with Gasteiger partial charge in [-0.05, 0) is 131 Å². The fourth-order valence-electron chi connectivity index (χ4n) is 8.80. The van der Waals surface area contributed by atoms with Crippen molar-refractivity contribution < 1.29 is 19.2 Å². The Kier molecular flexibility index (Phi) is 14.9. The van der Waals surface area contributed by atoms with Crippen LogP contribution < -0.4 is 31.9 Å². The van der Waals surface area contributed by atoms with Crippen molar-refractivity contribution in [3.05, 3.63) is 59.7 Å². The van der Waals surface area contributed by atoms with Gasteiger partial charge in [0.15, 0.2) is 0 Å². The zero-order valence-corrected chi connectivity index (χ0v) is 40.2. The summed E-state index contributed by atoms with van der Waals surface area (Å²) in [6, 6.07) is 13.5. The molecule has 0 aromatic heterocycles. The van der Waals surface area contributed by atoms with Crippen LogP contribution in [0, 0.1) is 10.8 Å². The van der Waals surface area contributed by atoms with Gasteiger partial charge in [0.05, 0.1) is 32.3 Å². The smallest absolute Gasteiger partial charge is 0.247 e. The van der Waals surface area contributed by atoms with Crippen LogP contribution in [0.25, 0.3) is 0 Å². The lowest BCUT2D eigenvalue weighted by molar-refractivity contribution is -0.140. The minimum Gasteiger partial charge on any atom is -0.367 e. The first-order valence-corrected chi connectivity index (χ1v) is 24.3. The monoisotopic (exact) mass is 908 g/mol. The molecule has 6 rings (SSSR count). The number of thiocarbonyl (C=S) groups is 2. The molecule has 4 fully saturated rings. The predicted octanol–water partition coefficient (Wildman–Crippen LogP) is 5.71. The number of thioether (sulfide) groups is 2. The summed E-state index contributed by atoms with van der Waals surface area (Å²) in [6.45, 7) is 14.2. The topological polar surface area (TPSA) is 147 Å². The number of nitrogens with one attached hydrogen (secondary N) is 6. The molecule has 16 heteroatoms. The Labute approximate surface area is 381 Å². The maximum absolute atomic E-state index is 14.1. The number of carbonyl (C=O) groups excluding carboxylic acids is 4. The molecule has 332 valence electrons. The van der Waals surface area contributed by atoms with E-state index in [4.69, 9.17) is 24.4 Å². The number of rotatable bonds is 13. The summed E-state index contributed by atoms with van der Waals surface area (Å²) < 4.78 is 0. The van der Waals surface area contributed by atoms with Crippen molar-refractivity contribution in [1.29, 1.82) is 0 Å². The van der Waals surface area contributed by atoms with Crippen LogP contribution in [0.3, 0.4) is 0 Å². The molecule has 0 unspecified atom stereocenters. The lowest BCUT2D eigenvalue weighted by Gasteiger charge is -2.35. The molecular weight excluding hydrogens is 845 g/mol. The van der Waals surface area contributed by atoms with Crippen LogP contribution in [-0.4, -0.2) is 116 Å². The lowest BCUT2D eigenvalue weighted by atomic mass is 9.84. The van der Waals surface area contributed by atoms with Crippen molar-refractivity contribution >= 4 is 92.9 Å². The van der Waals surface area contributed by atoms with E-state index in [-0.39, 0.29) is 40.4 Å². The molecule has 2 aromatic carbocycles. The highest BCUT2D eigenvalue weighted by Crippen LogP contribution is 2.48. The summed E-state index contributed by atoms with van der Waals surface area (Å²) in [6.07, 6.45) is 4.33. The number of anilines is 2. The number of amides is 4. The van der Waals surface area contributed by atoms with Gasteiger partial charge in [0.25, 0.3) is 0 Å². The summed E-state index contributed by atoms with van der Waals surface area (Å²) in [4.78, 5) is 60.9. The third kappa shape index (κ3) is 10.6. The zero-order chi connectivity index (χ0) is 44.4. The minimum absolute atomic E-state index is 0.0663. The van der Waals surface area contributed by atoms with Crippen LogP contribution in [0.4, 0.5) is 11.4 Å². The first-order chi connectivity index (χ1) is 28.8. The van der Waals surface area contributed by atoms with Crippen LogP contribution >= 0.6 is 48.0 Å². The molecule has 61 heavy (non-hydrogen) atoms. The Balaban J connectivity index is 1.04. The summed E-state index contributed by atoms with van der Waals surface area (Å²) in [5, 5.41) is 19.0. The highest BCUT2D eigenvalue weighted by atomic mass is 32.2. The second-order valence-electron chi connectivity index (χ2n) is 18.8. The Morgan fingerprint density at radius 3 is 1.54 bits per heavy atom. The van der Waals surface area contributed by atoms with Crippen LogP contribution in [0.2, 0.25) is 0 Å². The first-order valence-electron chi connectivity index (χ1n) is 21.4. The molecule has 4 heterocycles. The van der Waals surface area contributed by atoms with Gasteiger partial charge in [-0.25, -0.2) is 0 Å². The highest BCUT2D eigenvalue weighted by molar-refractivity contribution is 8.00. The second kappa shape index (κ2) is 19.2. The van der Waals surface area contributed by atoms with Gasteiger partial charge in [0.2, 0.25) is 23.6 Å². The van der Waals surface area contributed by atoms with Gasteiger partial charge in [-0.1, -0.05) is 76.4 Å². The molecule has 0 aliphatic carbocycles. The van der Waals surface area contributed by atoms with Gasteiger partial charge in [-0.15, -0.1) is 23.5 Å². The number of aryl methyl sites for hydroxylation is 2. The fourth-order valence-corrected chi connectivity index (χ4v) is 12.5. The predicted molar refractivity (Wildman–Crippen MR) is 258 cm³/mol. The SMILES string of the molecule is CN[C@@H](C)C(=S)N[C@H]1CCS[C@H]2CC(C)(C)[C@@H](C(=O)Nc3ccc(CCc4ccc(NC(=O)[C@H]5N6C(=O)[C@@H](NC(=S)C(C)(C)NC)CCS[C@H]6CC5(C)C)cc4)cc3)N2C1=O. The van der Waals surface area contributed by atoms with Crippen molar-refractivity contribution in [1.82, 2.24) is 31.1 Å². The Morgan fingerprint density at radius 1 is 0.738 bits per heavy atom. The summed E-state index contributed by atoms with van der Waals surface area (Å²) in [5.41, 5.74) is 2.33. The maximum atomic E-state index is 14.1. The van der Waals surface area contributed by atoms with E-state index >= 15 is 0 Å². The summed E-state index contributed by atoms with van der Waals surface area (Å²) in [5.74, 6) is 1.08. The molecule has 0 saturated carbocycles. The molecule has 7 atom stereocenters. The molecular formula is C45H64N8O4S4. The van der Waals surface area contributed by atoms with Gasteiger partial charge in [-0.3, -0.25) is 19.2 Å². The minimum atomic E-state index is -0.623. The molecule has 4 saturated heterocycles. The average molecular weight is 909 g/mol. The van der Waals surface area contributed by atoms with E-state index in [2.05, 4.69) is 59.6 Å². The molecule has 12 nitrogen and oxygen atoms in total. The van der Waals surface area contributed by atoms with Crippen molar-refractivity contribution in [2.45, 2.75) is 133 Å². The van der Waals surface area contributed by atoms with E-state index in [9.17, 15) is 19.2 Å². The molecule has 4 amide bonds. The van der Waals surface area contributed by atoms with Crippen molar-refractivity contribution in [3.8, 4) is 0 Å². The van der Waals surface area contributed by atoms with Gasteiger partial charge in [0.1, 0.15) is 24.2 Å². The first kappa shape index (κ1) is 47.2. The van der Waals surface area contributed by atoms with E-state index in [0.717, 1.165) is 48.3 Å². The summed E-state index contributed by atoms with van der Waals surface area (Å²) >= 11 is 14.7. The maximum Gasteiger partial charge on any atom is 0.247 e. The Bertz CT molecular complexity index is 1980. The molecule has 4 aliphatic heterocycles. The third-order valence-electron chi connectivity index (χ3n) is 12.9. The molecule has 4 aliphatic rings. The molecule has 0 spiro atoms. The lowest BCUT2D eigenvalue weighted by Crippen LogP contribution is -2.59. The van der Waals surface area contributed by atoms with E-state index in [1.54, 1.807) is 28.4 Å². The zero-order valence-electron chi connectivity index (χ0n) is 37.0. The fraction of sp³-hybridized carbons (Fsp3) is 0.600. The number of nitrogens with zero attached hydrogens (tertiary/aromatic N) is 2. The van der Waals surface area contributed by atoms with Crippen LogP contribution in [-0.2, 0) is 32.0 Å². The largest absolute Gasteiger partial charge is 0.367 e. The van der Waals surface area contributed by atoms with Crippen molar-refractivity contribution in [2.24, 2.45) is 10.8 Å². The Morgan fingerprint density at radius 2 is 1.15 bits per heavy atom. The third-order valence-corrected chi connectivity index (χ3v) is 16.5. The summed E-state index contributed by atoms with van der Waals surface area (Å²) in [7, 11) is 3.68. The molecule has 0 radical (unpaired) electrons.